The van der Waals surface area contributed by atoms with Gasteiger partial charge >= 0.3 is 0 Å². The van der Waals surface area contributed by atoms with E-state index in [1.54, 1.807) is 0 Å². The predicted octanol–water partition coefficient (Wildman–Crippen LogP) is 3.05. The maximum atomic E-state index is 9.05. The third-order valence-corrected chi connectivity index (χ3v) is 6.48. The van der Waals surface area contributed by atoms with E-state index in [-0.39, 0.29) is 0 Å². The molecule has 2 aromatic heterocycles. The zero-order chi connectivity index (χ0) is 16.3. The number of aromatic nitrogens is 2. The van der Waals surface area contributed by atoms with Crippen molar-refractivity contribution in [1.29, 1.82) is 5.26 Å². The van der Waals surface area contributed by atoms with Gasteiger partial charge in [-0.15, -0.1) is 0 Å². The molecule has 1 saturated carbocycles. The molecule has 4 heterocycles. The minimum atomic E-state index is 0.297. The lowest BCUT2D eigenvalue weighted by Gasteiger charge is -2.49. The molecule has 3 aliphatic rings. The van der Waals surface area contributed by atoms with Gasteiger partial charge in [-0.3, -0.25) is 4.90 Å². The summed E-state index contributed by atoms with van der Waals surface area (Å²) in [5.74, 6) is 0.297. The van der Waals surface area contributed by atoms with Crippen LogP contribution in [0.4, 0.5) is 5.69 Å². The molecule has 0 aromatic carbocycles. The number of hydrogen-bond donors (Lipinski definition) is 0. The van der Waals surface area contributed by atoms with Gasteiger partial charge in [-0.2, -0.15) is 10.4 Å². The molecule has 0 N–H and O–H groups in total. The maximum Gasteiger partial charge on any atom is 0.0891 e. The third kappa shape index (κ3) is 2.18. The quantitative estimate of drug-likeness (QED) is 0.796. The Bertz CT molecular complexity index is 804. The van der Waals surface area contributed by atoms with Gasteiger partial charge in [-0.1, -0.05) is 0 Å². The van der Waals surface area contributed by atoms with Crippen LogP contribution >= 0.6 is 15.9 Å². The first kappa shape index (κ1) is 14.7. The van der Waals surface area contributed by atoms with Gasteiger partial charge in [-0.05, 0) is 53.7 Å². The van der Waals surface area contributed by atoms with Crippen molar-refractivity contribution in [2.75, 3.05) is 18.0 Å². The van der Waals surface area contributed by atoms with Crippen molar-refractivity contribution in [3.63, 3.8) is 0 Å². The molecule has 1 aliphatic carbocycles. The van der Waals surface area contributed by atoms with E-state index in [1.165, 1.54) is 24.0 Å². The van der Waals surface area contributed by atoms with E-state index in [1.807, 2.05) is 16.9 Å². The molecule has 24 heavy (non-hydrogen) atoms. The minimum Gasteiger partial charge on any atom is -0.367 e. The Morgan fingerprint density at radius 3 is 2.62 bits per heavy atom. The van der Waals surface area contributed by atoms with Gasteiger partial charge in [-0.25, -0.2) is 4.52 Å². The summed E-state index contributed by atoms with van der Waals surface area (Å²) in [5.41, 5.74) is 2.46. The van der Waals surface area contributed by atoms with E-state index < -0.39 is 0 Å². The van der Waals surface area contributed by atoms with Crippen LogP contribution in [0.5, 0.6) is 0 Å². The van der Waals surface area contributed by atoms with Crippen LogP contribution in [0.1, 0.15) is 25.7 Å². The number of rotatable bonds is 2. The molecular formula is C18H20BrN5. The molecule has 0 amide bonds. The molecule has 1 unspecified atom stereocenters. The van der Waals surface area contributed by atoms with Crippen LogP contribution in [0.15, 0.2) is 29.0 Å². The van der Waals surface area contributed by atoms with Gasteiger partial charge in [0, 0.05) is 54.0 Å². The molecule has 2 atom stereocenters. The largest absolute Gasteiger partial charge is 0.367 e. The molecule has 2 aliphatic heterocycles. The summed E-state index contributed by atoms with van der Waals surface area (Å²) in [4.78, 5) is 5.29. The Hall–Kier alpha value is -1.58. The van der Waals surface area contributed by atoms with Gasteiger partial charge in [0.2, 0.25) is 0 Å². The second-order valence-corrected chi connectivity index (χ2v) is 8.31. The maximum absolute atomic E-state index is 9.05. The molecule has 3 fully saturated rings. The van der Waals surface area contributed by atoms with Gasteiger partial charge in [0.1, 0.15) is 0 Å². The number of nitriles is 1. The van der Waals surface area contributed by atoms with Gasteiger partial charge in [0.05, 0.1) is 17.3 Å². The molecule has 2 aromatic rings. The number of hydrogen-bond acceptors (Lipinski definition) is 4. The Balaban J connectivity index is 1.40. The van der Waals surface area contributed by atoms with Crippen LogP contribution in [0, 0.1) is 17.2 Å². The molecule has 2 bridgehead atoms. The summed E-state index contributed by atoms with van der Waals surface area (Å²) in [6.07, 6.45) is 8.65. The molecule has 0 radical (unpaired) electrons. The fraction of sp³-hybridized carbons (Fsp3) is 0.556. The third-order valence-electron chi connectivity index (χ3n) is 6.05. The number of fused-ring (bicyclic) bond motifs is 3. The van der Waals surface area contributed by atoms with Crippen molar-refractivity contribution in [3.05, 3.63) is 29.0 Å². The standard InChI is InChI=1S/C18H20BrN5/c19-13-7-18-17(3-4-21-23(18)9-13)22-10-14-1-2-15(11-22)24(14)16-5-12(6-16)8-20/h3-4,7,9,12,14-16H,1-2,5-6,10-11H2/t12?,14-,15?,16?/m0/s1. The van der Waals surface area contributed by atoms with Crippen LogP contribution < -0.4 is 4.90 Å². The molecular weight excluding hydrogens is 366 g/mol. The molecule has 6 heteroatoms. The summed E-state index contributed by atoms with van der Waals surface area (Å²) in [6.45, 7) is 2.18. The summed E-state index contributed by atoms with van der Waals surface area (Å²) >= 11 is 3.56. The highest BCUT2D eigenvalue weighted by molar-refractivity contribution is 9.10. The van der Waals surface area contributed by atoms with E-state index in [0.29, 0.717) is 24.0 Å². The normalized spacial score (nSPS) is 32.8. The highest BCUT2D eigenvalue weighted by Crippen LogP contribution is 2.42. The van der Waals surface area contributed by atoms with Gasteiger partial charge in [0.25, 0.3) is 0 Å². The summed E-state index contributed by atoms with van der Waals surface area (Å²) in [5, 5.41) is 13.5. The highest BCUT2D eigenvalue weighted by atomic mass is 79.9. The zero-order valence-corrected chi connectivity index (χ0v) is 15.1. The average Bonchev–Trinajstić information content (AvgIpc) is 3.02. The SMILES string of the molecule is N#CC1CC(N2C3CC[C@H]2CN(c2ccnn4cc(Br)cc24)C3)C1. The first-order valence-electron chi connectivity index (χ1n) is 8.78. The fourth-order valence-corrected chi connectivity index (χ4v) is 5.31. The van der Waals surface area contributed by atoms with Crippen LogP contribution in [0.25, 0.3) is 5.52 Å². The minimum absolute atomic E-state index is 0.297. The molecule has 124 valence electrons. The monoisotopic (exact) mass is 385 g/mol. The fourth-order valence-electron chi connectivity index (χ4n) is 4.90. The lowest BCUT2D eigenvalue weighted by Crippen LogP contribution is -2.60. The van der Waals surface area contributed by atoms with E-state index >= 15 is 0 Å². The number of nitrogens with zero attached hydrogens (tertiary/aromatic N) is 5. The van der Waals surface area contributed by atoms with Crippen LogP contribution in [-0.4, -0.2) is 45.7 Å². The van der Waals surface area contributed by atoms with Crippen molar-refractivity contribution in [1.82, 2.24) is 14.5 Å². The zero-order valence-electron chi connectivity index (χ0n) is 13.5. The predicted molar refractivity (Wildman–Crippen MR) is 95.9 cm³/mol. The van der Waals surface area contributed by atoms with E-state index in [4.69, 9.17) is 5.26 Å². The second kappa shape index (κ2) is 5.47. The van der Waals surface area contributed by atoms with Gasteiger partial charge in [0.15, 0.2) is 0 Å². The van der Waals surface area contributed by atoms with Crippen LogP contribution in [0.3, 0.4) is 0 Å². The molecule has 0 spiro atoms. The van der Waals surface area contributed by atoms with Crippen LogP contribution in [0.2, 0.25) is 0 Å². The molecule has 5 rings (SSSR count). The van der Waals surface area contributed by atoms with E-state index in [0.717, 1.165) is 30.4 Å². The topological polar surface area (TPSA) is 47.6 Å². The Kier molecular flexibility index (Phi) is 3.36. The Labute approximate surface area is 150 Å². The Morgan fingerprint density at radius 2 is 1.92 bits per heavy atom. The van der Waals surface area contributed by atoms with Crippen molar-refractivity contribution in [2.24, 2.45) is 5.92 Å². The molecule has 2 saturated heterocycles. The van der Waals surface area contributed by atoms with Crippen molar-refractivity contribution >= 4 is 27.1 Å². The Morgan fingerprint density at radius 1 is 1.17 bits per heavy atom. The van der Waals surface area contributed by atoms with Crippen molar-refractivity contribution in [2.45, 2.75) is 43.8 Å². The smallest absolute Gasteiger partial charge is 0.0891 e. The first-order chi connectivity index (χ1) is 11.7. The number of anilines is 1. The summed E-state index contributed by atoms with van der Waals surface area (Å²) in [6, 6.07) is 8.65. The van der Waals surface area contributed by atoms with Gasteiger partial charge < -0.3 is 4.90 Å². The number of halogens is 1. The molecule has 5 nitrogen and oxygen atoms in total. The number of piperazine rings is 1. The van der Waals surface area contributed by atoms with Crippen LogP contribution in [-0.2, 0) is 0 Å². The van der Waals surface area contributed by atoms with E-state index in [9.17, 15) is 0 Å². The summed E-state index contributed by atoms with van der Waals surface area (Å²) < 4.78 is 3.03. The van der Waals surface area contributed by atoms with Crippen molar-refractivity contribution < 1.29 is 0 Å². The first-order valence-corrected chi connectivity index (χ1v) is 9.57. The van der Waals surface area contributed by atoms with E-state index in [2.05, 4.69) is 49.0 Å². The lowest BCUT2D eigenvalue weighted by atomic mass is 9.79. The average molecular weight is 386 g/mol. The van der Waals surface area contributed by atoms with Crippen molar-refractivity contribution in [3.8, 4) is 6.07 Å². The second-order valence-electron chi connectivity index (χ2n) is 7.39. The highest BCUT2D eigenvalue weighted by Gasteiger charge is 2.47. The summed E-state index contributed by atoms with van der Waals surface area (Å²) in [7, 11) is 0. The lowest BCUT2D eigenvalue weighted by molar-refractivity contribution is 0.0439.